The summed E-state index contributed by atoms with van der Waals surface area (Å²) in [5, 5.41) is 8.31. The van der Waals surface area contributed by atoms with Crippen LogP contribution in [0.15, 0.2) is 43.1 Å². The number of hydrogen-bond donors (Lipinski definition) is 2. The summed E-state index contributed by atoms with van der Waals surface area (Å²) in [6, 6.07) is 10.3. The molecule has 0 radical (unpaired) electrons. The number of hydrogen-bond acceptors (Lipinski definition) is 1. The van der Waals surface area contributed by atoms with Crippen molar-refractivity contribution in [1.29, 1.82) is 0 Å². The first-order valence-electron chi connectivity index (χ1n) is 5.53. The number of nitrogens with zero attached hydrogens (tertiary/aromatic N) is 1. The maximum Gasteiger partial charge on any atom is 0.0887 e. The van der Waals surface area contributed by atoms with E-state index in [4.69, 9.17) is 0 Å². The van der Waals surface area contributed by atoms with Gasteiger partial charge in [-0.25, -0.2) is 0 Å². The average molecular weight is 223 g/mol. The first-order chi connectivity index (χ1) is 8.25. The molecule has 0 bridgehead atoms. The lowest BCUT2D eigenvalue weighted by Crippen LogP contribution is -1.82. The molecule has 0 amide bonds. The molecule has 0 spiro atoms. The van der Waals surface area contributed by atoms with Crippen LogP contribution in [-0.2, 0) is 0 Å². The van der Waals surface area contributed by atoms with E-state index < -0.39 is 0 Å². The molecular formula is C14H13N3. The number of rotatable bonds is 2. The molecule has 1 aromatic carbocycles. The van der Waals surface area contributed by atoms with E-state index in [-0.39, 0.29) is 0 Å². The molecule has 0 aliphatic heterocycles. The molecule has 2 N–H and O–H groups in total. The van der Waals surface area contributed by atoms with Gasteiger partial charge < -0.3 is 4.98 Å². The molecule has 3 nitrogen and oxygen atoms in total. The van der Waals surface area contributed by atoms with Crippen LogP contribution in [0.3, 0.4) is 0 Å². The molecule has 17 heavy (non-hydrogen) atoms. The van der Waals surface area contributed by atoms with Crippen LogP contribution in [0.25, 0.3) is 27.9 Å². The second-order valence-electron chi connectivity index (χ2n) is 4.21. The molecule has 3 heteroatoms. The predicted octanol–water partition coefficient (Wildman–Crippen LogP) is 3.59. The summed E-state index contributed by atoms with van der Waals surface area (Å²) < 4.78 is 0. The van der Waals surface area contributed by atoms with Crippen LogP contribution in [0.5, 0.6) is 0 Å². The normalized spacial score (nSPS) is 10.9. The Morgan fingerprint density at radius 1 is 1.29 bits per heavy atom. The summed E-state index contributed by atoms with van der Waals surface area (Å²) >= 11 is 0. The van der Waals surface area contributed by atoms with Gasteiger partial charge in [0.1, 0.15) is 0 Å². The Hall–Kier alpha value is -2.29. The molecule has 3 aromatic rings. The Morgan fingerprint density at radius 2 is 2.12 bits per heavy atom. The van der Waals surface area contributed by atoms with E-state index >= 15 is 0 Å². The molecular weight excluding hydrogens is 210 g/mol. The Morgan fingerprint density at radius 3 is 2.88 bits per heavy atom. The lowest BCUT2D eigenvalue weighted by atomic mass is 10.1. The van der Waals surface area contributed by atoms with E-state index in [2.05, 4.69) is 40.0 Å². The zero-order valence-electron chi connectivity index (χ0n) is 9.62. The van der Waals surface area contributed by atoms with Gasteiger partial charge in [-0.1, -0.05) is 24.8 Å². The zero-order chi connectivity index (χ0) is 11.8. The molecule has 84 valence electrons. The standard InChI is InChI=1S/C14H13N3/c1-9(2)11-8-15-17-14(11)13-7-10-5-3-4-6-12(10)16-13/h3-8,16H,1H2,2H3,(H,15,17). The van der Waals surface area contributed by atoms with Gasteiger partial charge in [0.25, 0.3) is 0 Å². The van der Waals surface area contributed by atoms with Crippen molar-refractivity contribution in [2.45, 2.75) is 6.92 Å². The molecule has 0 saturated heterocycles. The molecule has 0 unspecified atom stereocenters. The van der Waals surface area contributed by atoms with Crippen molar-refractivity contribution in [3.63, 3.8) is 0 Å². The minimum Gasteiger partial charge on any atom is -0.353 e. The Bertz CT molecular complexity index is 655. The number of para-hydroxylation sites is 1. The predicted molar refractivity (Wildman–Crippen MR) is 70.6 cm³/mol. The highest BCUT2D eigenvalue weighted by Crippen LogP contribution is 2.27. The van der Waals surface area contributed by atoms with Gasteiger partial charge in [-0.15, -0.1) is 0 Å². The van der Waals surface area contributed by atoms with E-state index in [0.717, 1.165) is 28.0 Å². The Balaban J connectivity index is 2.20. The van der Waals surface area contributed by atoms with Gasteiger partial charge in [0.2, 0.25) is 0 Å². The molecule has 0 aliphatic carbocycles. The van der Waals surface area contributed by atoms with Gasteiger partial charge in [0, 0.05) is 16.5 Å². The van der Waals surface area contributed by atoms with Crippen LogP contribution in [0.2, 0.25) is 0 Å². The van der Waals surface area contributed by atoms with Gasteiger partial charge >= 0.3 is 0 Å². The average Bonchev–Trinajstić information content (AvgIpc) is 2.95. The first kappa shape index (κ1) is 9.90. The second-order valence-corrected chi connectivity index (χ2v) is 4.21. The van der Waals surface area contributed by atoms with E-state index in [1.54, 1.807) is 0 Å². The highest BCUT2D eigenvalue weighted by molar-refractivity contribution is 5.87. The van der Waals surface area contributed by atoms with Crippen molar-refractivity contribution in [2.75, 3.05) is 0 Å². The van der Waals surface area contributed by atoms with Crippen LogP contribution in [0.1, 0.15) is 12.5 Å². The minimum atomic E-state index is 0.994. The zero-order valence-corrected chi connectivity index (χ0v) is 9.62. The Kier molecular flexibility index (Phi) is 2.11. The summed E-state index contributed by atoms with van der Waals surface area (Å²) in [6.07, 6.45) is 1.81. The van der Waals surface area contributed by atoms with Crippen molar-refractivity contribution in [2.24, 2.45) is 0 Å². The number of H-pyrrole nitrogens is 2. The Labute approximate surface area is 99.2 Å². The smallest absolute Gasteiger partial charge is 0.0887 e. The van der Waals surface area contributed by atoms with Gasteiger partial charge in [-0.2, -0.15) is 5.10 Å². The fraction of sp³-hybridized carbons (Fsp3) is 0.0714. The fourth-order valence-electron chi connectivity index (χ4n) is 2.02. The van der Waals surface area contributed by atoms with E-state index in [9.17, 15) is 0 Å². The minimum absolute atomic E-state index is 0.994. The monoisotopic (exact) mass is 223 g/mol. The van der Waals surface area contributed by atoms with Crippen LogP contribution < -0.4 is 0 Å². The summed E-state index contributed by atoms with van der Waals surface area (Å²) in [7, 11) is 0. The van der Waals surface area contributed by atoms with Crippen LogP contribution >= 0.6 is 0 Å². The quantitative estimate of drug-likeness (QED) is 0.685. The van der Waals surface area contributed by atoms with Crippen LogP contribution in [0, 0.1) is 0 Å². The highest BCUT2D eigenvalue weighted by atomic mass is 15.1. The molecule has 0 saturated carbocycles. The second kappa shape index (κ2) is 3.63. The van der Waals surface area contributed by atoms with Crippen LogP contribution in [0.4, 0.5) is 0 Å². The first-order valence-corrected chi connectivity index (χ1v) is 5.53. The van der Waals surface area contributed by atoms with Crippen molar-refractivity contribution >= 4 is 16.5 Å². The van der Waals surface area contributed by atoms with Crippen LogP contribution in [-0.4, -0.2) is 15.2 Å². The number of benzene rings is 1. The molecule has 0 atom stereocenters. The fourth-order valence-corrected chi connectivity index (χ4v) is 2.02. The molecule has 3 rings (SSSR count). The number of fused-ring (bicyclic) bond motifs is 1. The largest absolute Gasteiger partial charge is 0.353 e. The summed E-state index contributed by atoms with van der Waals surface area (Å²) in [6.45, 7) is 5.95. The van der Waals surface area contributed by atoms with Gasteiger partial charge in [0.05, 0.1) is 17.6 Å². The third-order valence-electron chi connectivity index (χ3n) is 2.90. The maximum absolute atomic E-state index is 4.08. The van der Waals surface area contributed by atoms with E-state index in [1.165, 1.54) is 5.39 Å². The van der Waals surface area contributed by atoms with Gasteiger partial charge in [-0.3, -0.25) is 5.10 Å². The maximum atomic E-state index is 4.08. The van der Waals surface area contributed by atoms with Gasteiger partial charge in [0.15, 0.2) is 0 Å². The number of allylic oxidation sites excluding steroid dienone is 1. The molecule has 0 aliphatic rings. The number of aromatic amines is 2. The van der Waals surface area contributed by atoms with E-state index in [0.29, 0.717) is 0 Å². The summed E-state index contributed by atoms with van der Waals surface area (Å²) in [5.74, 6) is 0. The molecule has 2 heterocycles. The third-order valence-corrected chi connectivity index (χ3v) is 2.90. The number of nitrogens with one attached hydrogen (secondary N) is 2. The SMILES string of the molecule is C=C(C)c1cn[nH]c1-c1cc2ccccc2[nH]1. The van der Waals surface area contributed by atoms with Crippen molar-refractivity contribution in [3.05, 3.63) is 48.7 Å². The molecule has 0 fully saturated rings. The summed E-state index contributed by atoms with van der Waals surface area (Å²) in [5.41, 5.74) is 5.23. The lowest BCUT2D eigenvalue weighted by Gasteiger charge is -1.98. The van der Waals surface area contributed by atoms with Crippen molar-refractivity contribution in [3.8, 4) is 11.4 Å². The van der Waals surface area contributed by atoms with Gasteiger partial charge in [-0.05, 0) is 24.6 Å². The summed E-state index contributed by atoms with van der Waals surface area (Å²) in [4.78, 5) is 3.38. The highest BCUT2D eigenvalue weighted by Gasteiger charge is 2.10. The lowest BCUT2D eigenvalue weighted by molar-refractivity contribution is 1.09. The van der Waals surface area contributed by atoms with E-state index in [1.807, 2.05) is 25.3 Å². The number of aromatic nitrogens is 3. The van der Waals surface area contributed by atoms with Crippen molar-refractivity contribution in [1.82, 2.24) is 15.2 Å². The third kappa shape index (κ3) is 1.56. The molecule has 2 aromatic heterocycles. The van der Waals surface area contributed by atoms with Crippen molar-refractivity contribution < 1.29 is 0 Å². The topological polar surface area (TPSA) is 44.5 Å².